The number of nitrogens with one attached hydrogen (secondary N) is 2. The number of amides is 1. The van der Waals surface area contributed by atoms with Crippen molar-refractivity contribution in [3.05, 3.63) is 46.4 Å². The molecule has 3 rings (SSSR count). The van der Waals surface area contributed by atoms with Crippen LogP contribution in [0, 0.1) is 0 Å². The molecule has 1 aromatic heterocycles. The Morgan fingerprint density at radius 1 is 1.36 bits per heavy atom. The van der Waals surface area contributed by atoms with Gasteiger partial charge in [-0.2, -0.15) is 0 Å². The van der Waals surface area contributed by atoms with Gasteiger partial charge < -0.3 is 10.3 Å². The Balaban J connectivity index is 1.77. The Labute approximate surface area is 129 Å². The molecular formula is C17H21N3O2. The largest absolute Gasteiger partial charge is 0.347 e. The van der Waals surface area contributed by atoms with Crippen molar-refractivity contribution in [3.63, 3.8) is 0 Å². The molecule has 22 heavy (non-hydrogen) atoms. The Morgan fingerprint density at radius 3 is 2.86 bits per heavy atom. The van der Waals surface area contributed by atoms with Crippen molar-refractivity contribution in [3.8, 4) is 0 Å². The van der Waals surface area contributed by atoms with E-state index in [1.54, 1.807) is 12.1 Å². The van der Waals surface area contributed by atoms with Crippen LogP contribution in [-0.2, 0) is 0 Å². The Kier molecular flexibility index (Phi) is 3.98. The normalized spacial score (nSPS) is 19.0. The summed E-state index contributed by atoms with van der Waals surface area (Å²) in [5, 5.41) is 4.41. The van der Waals surface area contributed by atoms with Gasteiger partial charge >= 0.3 is 0 Å². The maximum absolute atomic E-state index is 12.4. The minimum atomic E-state index is -0.224. The van der Waals surface area contributed by atoms with E-state index in [0.29, 0.717) is 17.1 Å². The summed E-state index contributed by atoms with van der Waals surface area (Å²) in [6.45, 7) is 6.17. The molecule has 1 fully saturated rings. The predicted octanol–water partition coefficient (Wildman–Crippen LogP) is 1.74. The minimum absolute atomic E-state index is 0.143. The van der Waals surface area contributed by atoms with Crippen LogP contribution in [0.2, 0.25) is 0 Å². The molecule has 0 bridgehead atoms. The molecule has 1 atom stereocenters. The van der Waals surface area contributed by atoms with Crippen LogP contribution in [-0.4, -0.2) is 41.0 Å². The second kappa shape index (κ2) is 5.93. The first-order chi connectivity index (χ1) is 10.5. The number of aromatic amines is 1. The van der Waals surface area contributed by atoms with Gasteiger partial charge in [0.1, 0.15) is 5.69 Å². The van der Waals surface area contributed by atoms with Crippen molar-refractivity contribution in [2.75, 3.05) is 13.1 Å². The number of fused-ring (bicyclic) bond motifs is 1. The number of aromatic nitrogens is 1. The molecule has 1 aliphatic heterocycles. The summed E-state index contributed by atoms with van der Waals surface area (Å²) in [6.07, 6.45) is 0.946. The lowest BCUT2D eigenvalue weighted by Crippen LogP contribution is -2.39. The lowest BCUT2D eigenvalue weighted by atomic mass is 10.1. The van der Waals surface area contributed by atoms with Crippen molar-refractivity contribution in [1.29, 1.82) is 0 Å². The molecule has 5 heteroatoms. The topological polar surface area (TPSA) is 65.2 Å². The number of nitrogens with zero attached hydrogens (tertiary/aromatic N) is 1. The highest BCUT2D eigenvalue weighted by atomic mass is 16.2. The third kappa shape index (κ3) is 2.90. The van der Waals surface area contributed by atoms with E-state index < -0.39 is 0 Å². The minimum Gasteiger partial charge on any atom is -0.347 e. The number of benzene rings is 1. The molecule has 1 unspecified atom stereocenters. The van der Waals surface area contributed by atoms with E-state index in [9.17, 15) is 9.59 Å². The van der Waals surface area contributed by atoms with Crippen LogP contribution >= 0.6 is 0 Å². The lowest BCUT2D eigenvalue weighted by Gasteiger charge is -2.20. The molecule has 0 aliphatic carbocycles. The van der Waals surface area contributed by atoms with Gasteiger partial charge in [-0.1, -0.05) is 18.2 Å². The third-order valence-electron chi connectivity index (χ3n) is 4.28. The van der Waals surface area contributed by atoms with E-state index >= 15 is 0 Å². The van der Waals surface area contributed by atoms with Crippen LogP contribution in [0.1, 0.15) is 30.8 Å². The van der Waals surface area contributed by atoms with Crippen molar-refractivity contribution < 1.29 is 4.79 Å². The van der Waals surface area contributed by atoms with Gasteiger partial charge in [-0.15, -0.1) is 0 Å². The molecule has 2 aromatic rings. The van der Waals surface area contributed by atoms with Crippen molar-refractivity contribution in [2.45, 2.75) is 32.4 Å². The van der Waals surface area contributed by atoms with E-state index in [-0.39, 0.29) is 17.5 Å². The molecule has 1 amide bonds. The fourth-order valence-electron chi connectivity index (χ4n) is 2.97. The number of pyridine rings is 1. The molecule has 1 aliphatic rings. The van der Waals surface area contributed by atoms with Crippen LogP contribution in [0.5, 0.6) is 0 Å². The molecule has 2 N–H and O–H groups in total. The van der Waals surface area contributed by atoms with Crippen molar-refractivity contribution >= 4 is 16.7 Å². The van der Waals surface area contributed by atoms with E-state index in [1.165, 1.54) is 0 Å². The fourth-order valence-corrected chi connectivity index (χ4v) is 2.97. The second-order valence-electron chi connectivity index (χ2n) is 6.15. The number of carbonyl (C=O) groups is 1. The van der Waals surface area contributed by atoms with E-state index in [1.807, 2.05) is 18.2 Å². The fraction of sp³-hybridized carbons (Fsp3) is 0.412. The van der Waals surface area contributed by atoms with Gasteiger partial charge in [-0.3, -0.25) is 14.5 Å². The number of carbonyl (C=O) groups excluding carboxylic acids is 1. The molecule has 116 valence electrons. The maximum atomic E-state index is 12.4. The first-order valence-corrected chi connectivity index (χ1v) is 7.71. The van der Waals surface area contributed by atoms with Gasteiger partial charge in [0.25, 0.3) is 11.5 Å². The summed E-state index contributed by atoms with van der Waals surface area (Å²) in [6, 6.07) is 9.65. The van der Waals surface area contributed by atoms with E-state index in [0.717, 1.165) is 24.9 Å². The summed E-state index contributed by atoms with van der Waals surface area (Å²) in [5.74, 6) is -0.210. The van der Waals surface area contributed by atoms with Crippen LogP contribution in [0.15, 0.2) is 35.1 Å². The summed E-state index contributed by atoms with van der Waals surface area (Å²) >= 11 is 0. The first-order valence-electron chi connectivity index (χ1n) is 7.71. The van der Waals surface area contributed by atoms with Gasteiger partial charge in [0.2, 0.25) is 0 Å². The molecule has 0 spiro atoms. The predicted molar refractivity (Wildman–Crippen MR) is 87.1 cm³/mol. The van der Waals surface area contributed by atoms with Gasteiger partial charge in [0.15, 0.2) is 0 Å². The summed E-state index contributed by atoms with van der Waals surface area (Å²) in [4.78, 5) is 29.4. The highest BCUT2D eigenvalue weighted by Gasteiger charge is 2.25. The zero-order chi connectivity index (χ0) is 15.7. The molecule has 0 saturated carbocycles. The van der Waals surface area contributed by atoms with Crippen molar-refractivity contribution in [2.24, 2.45) is 0 Å². The molecule has 1 aromatic carbocycles. The smallest absolute Gasteiger partial charge is 0.268 e. The zero-order valence-electron chi connectivity index (χ0n) is 12.9. The zero-order valence-corrected chi connectivity index (χ0v) is 12.9. The molecule has 5 nitrogen and oxygen atoms in total. The quantitative estimate of drug-likeness (QED) is 0.907. The Bertz CT molecular complexity index is 751. The lowest BCUT2D eigenvalue weighted by molar-refractivity contribution is 0.0931. The van der Waals surface area contributed by atoms with Crippen LogP contribution < -0.4 is 10.9 Å². The number of H-pyrrole nitrogens is 1. The number of hydrogen-bond acceptors (Lipinski definition) is 3. The molecule has 0 radical (unpaired) electrons. The standard InChI is InChI=1S/C17H21N3O2/c1-11(2)20-8-7-13(10-20)18-17(22)15-9-12-5-3-4-6-14(12)16(21)19-15/h3-6,9,11,13H,7-8,10H2,1-2H3,(H,18,22)(H,19,21). The van der Waals surface area contributed by atoms with Gasteiger partial charge in [-0.05, 0) is 37.8 Å². The number of rotatable bonds is 3. The van der Waals surface area contributed by atoms with E-state index in [2.05, 4.69) is 29.0 Å². The van der Waals surface area contributed by atoms with Crippen molar-refractivity contribution in [1.82, 2.24) is 15.2 Å². The van der Waals surface area contributed by atoms with E-state index in [4.69, 9.17) is 0 Å². The van der Waals surface area contributed by atoms with Gasteiger partial charge in [0.05, 0.1) is 0 Å². The first kappa shape index (κ1) is 14.8. The van der Waals surface area contributed by atoms with Crippen LogP contribution in [0.3, 0.4) is 0 Å². The monoisotopic (exact) mass is 299 g/mol. The molecule has 2 heterocycles. The highest BCUT2D eigenvalue weighted by Crippen LogP contribution is 2.14. The number of hydrogen-bond donors (Lipinski definition) is 2. The maximum Gasteiger partial charge on any atom is 0.268 e. The summed E-state index contributed by atoms with van der Waals surface area (Å²) < 4.78 is 0. The van der Waals surface area contributed by atoms with Crippen LogP contribution in [0.4, 0.5) is 0 Å². The second-order valence-corrected chi connectivity index (χ2v) is 6.15. The SMILES string of the molecule is CC(C)N1CCC(NC(=O)c2cc3ccccc3c(=O)[nH]2)C1. The highest BCUT2D eigenvalue weighted by molar-refractivity contribution is 5.96. The molecular weight excluding hydrogens is 278 g/mol. The molecule has 1 saturated heterocycles. The Morgan fingerprint density at radius 2 is 2.14 bits per heavy atom. The van der Waals surface area contributed by atoms with Gasteiger partial charge in [0, 0.05) is 30.6 Å². The average molecular weight is 299 g/mol. The van der Waals surface area contributed by atoms with Crippen LogP contribution in [0.25, 0.3) is 10.8 Å². The number of likely N-dealkylation sites (tertiary alicyclic amines) is 1. The third-order valence-corrected chi connectivity index (χ3v) is 4.28. The average Bonchev–Trinajstić information content (AvgIpc) is 2.96. The van der Waals surface area contributed by atoms with Gasteiger partial charge in [-0.25, -0.2) is 0 Å². The Hall–Kier alpha value is -2.14. The summed E-state index contributed by atoms with van der Waals surface area (Å²) in [7, 11) is 0. The summed E-state index contributed by atoms with van der Waals surface area (Å²) in [5.41, 5.74) is 0.102.